The third-order valence-corrected chi connectivity index (χ3v) is 3.59. The van der Waals surface area contributed by atoms with Gasteiger partial charge in [-0.05, 0) is 25.8 Å². The van der Waals surface area contributed by atoms with Gasteiger partial charge in [0.1, 0.15) is 5.84 Å². The Labute approximate surface area is 113 Å². The van der Waals surface area contributed by atoms with Gasteiger partial charge in [0, 0.05) is 13.1 Å². The normalized spacial score (nSPS) is 15.7. The SMILES string of the molecule is CCCCCCCCC/C=C/C1=NCCN1CC. The second kappa shape index (κ2) is 10.2. The number of amidine groups is 1. The van der Waals surface area contributed by atoms with Crippen molar-refractivity contribution in [2.24, 2.45) is 4.99 Å². The van der Waals surface area contributed by atoms with E-state index in [1.807, 2.05) is 0 Å². The fourth-order valence-electron chi connectivity index (χ4n) is 2.39. The second-order valence-electron chi connectivity index (χ2n) is 5.13. The summed E-state index contributed by atoms with van der Waals surface area (Å²) in [6.45, 7) is 7.64. The molecule has 104 valence electrons. The first kappa shape index (κ1) is 15.3. The van der Waals surface area contributed by atoms with Crippen molar-refractivity contribution in [3.8, 4) is 0 Å². The van der Waals surface area contributed by atoms with Crippen molar-refractivity contribution in [3.63, 3.8) is 0 Å². The summed E-state index contributed by atoms with van der Waals surface area (Å²) < 4.78 is 0. The van der Waals surface area contributed by atoms with E-state index in [0.29, 0.717) is 0 Å². The van der Waals surface area contributed by atoms with E-state index in [-0.39, 0.29) is 0 Å². The minimum absolute atomic E-state index is 0.977. The molecule has 0 radical (unpaired) electrons. The van der Waals surface area contributed by atoms with Crippen molar-refractivity contribution in [3.05, 3.63) is 12.2 Å². The fraction of sp³-hybridized carbons (Fsp3) is 0.812. The lowest BCUT2D eigenvalue weighted by molar-refractivity contribution is 0.485. The van der Waals surface area contributed by atoms with Gasteiger partial charge >= 0.3 is 0 Å². The van der Waals surface area contributed by atoms with Gasteiger partial charge in [0.15, 0.2) is 0 Å². The molecule has 0 fully saturated rings. The van der Waals surface area contributed by atoms with Gasteiger partial charge in [-0.2, -0.15) is 0 Å². The molecule has 0 aromatic heterocycles. The predicted molar refractivity (Wildman–Crippen MR) is 81.3 cm³/mol. The van der Waals surface area contributed by atoms with Crippen LogP contribution in [0.2, 0.25) is 0 Å². The summed E-state index contributed by atoms with van der Waals surface area (Å²) in [4.78, 5) is 6.86. The fourth-order valence-corrected chi connectivity index (χ4v) is 2.39. The van der Waals surface area contributed by atoms with Gasteiger partial charge in [-0.3, -0.25) is 4.99 Å². The van der Waals surface area contributed by atoms with E-state index in [9.17, 15) is 0 Å². The standard InChI is InChI=1S/C16H30N2/c1-3-5-6-7-8-9-10-11-12-13-16-17-14-15-18(16)4-2/h12-13H,3-11,14-15H2,1-2H3/b13-12+. The highest BCUT2D eigenvalue weighted by Crippen LogP contribution is 2.09. The van der Waals surface area contributed by atoms with E-state index in [4.69, 9.17) is 0 Å². The number of rotatable bonds is 10. The van der Waals surface area contributed by atoms with Crippen LogP contribution < -0.4 is 0 Å². The molecule has 0 N–H and O–H groups in total. The molecular formula is C16H30N2. The van der Waals surface area contributed by atoms with E-state index < -0.39 is 0 Å². The van der Waals surface area contributed by atoms with Gasteiger partial charge < -0.3 is 4.90 Å². The maximum Gasteiger partial charge on any atom is 0.123 e. The Bertz CT molecular complexity index is 256. The van der Waals surface area contributed by atoms with Crippen LogP contribution in [0.5, 0.6) is 0 Å². The number of aliphatic imine (C=N–C) groups is 1. The Hall–Kier alpha value is -0.790. The van der Waals surface area contributed by atoms with Gasteiger partial charge in [0.2, 0.25) is 0 Å². The van der Waals surface area contributed by atoms with Crippen LogP contribution in [-0.4, -0.2) is 30.4 Å². The summed E-state index contributed by atoms with van der Waals surface area (Å²) >= 11 is 0. The molecular weight excluding hydrogens is 220 g/mol. The minimum Gasteiger partial charge on any atom is -0.355 e. The van der Waals surface area contributed by atoms with Crippen LogP contribution >= 0.6 is 0 Å². The molecule has 0 amide bonds. The first-order chi connectivity index (χ1) is 8.88. The first-order valence-corrected chi connectivity index (χ1v) is 7.84. The number of allylic oxidation sites excluding steroid dienone is 1. The summed E-state index contributed by atoms with van der Waals surface area (Å²) in [6.07, 6.45) is 15.5. The molecule has 0 atom stereocenters. The van der Waals surface area contributed by atoms with E-state index in [2.05, 4.69) is 35.9 Å². The lowest BCUT2D eigenvalue weighted by Crippen LogP contribution is -2.25. The summed E-state index contributed by atoms with van der Waals surface area (Å²) in [5, 5.41) is 0. The Balaban J connectivity index is 1.97. The zero-order valence-electron chi connectivity index (χ0n) is 12.3. The van der Waals surface area contributed by atoms with Crippen molar-refractivity contribution in [2.45, 2.75) is 65.2 Å². The van der Waals surface area contributed by atoms with E-state index in [1.54, 1.807) is 0 Å². The Morgan fingerprint density at radius 1 is 1.06 bits per heavy atom. The third kappa shape index (κ3) is 6.23. The minimum atomic E-state index is 0.977. The van der Waals surface area contributed by atoms with Crippen LogP contribution in [0.25, 0.3) is 0 Å². The molecule has 2 nitrogen and oxygen atoms in total. The number of unbranched alkanes of at least 4 members (excludes halogenated alkanes) is 7. The molecule has 18 heavy (non-hydrogen) atoms. The van der Waals surface area contributed by atoms with Crippen LogP contribution in [-0.2, 0) is 0 Å². The van der Waals surface area contributed by atoms with Crippen molar-refractivity contribution >= 4 is 5.84 Å². The molecule has 0 bridgehead atoms. The second-order valence-corrected chi connectivity index (χ2v) is 5.13. The van der Waals surface area contributed by atoms with Gasteiger partial charge in [-0.25, -0.2) is 0 Å². The van der Waals surface area contributed by atoms with Crippen LogP contribution in [0.15, 0.2) is 17.1 Å². The number of hydrogen-bond donors (Lipinski definition) is 0. The summed E-state index contributed by atoms with van der Waals surface area (Å²) in [5.74, 6) is 1.19. The van der Waals surface area contributed by atoms with Crippen LogP contribution in [0.1, 0.15) is 65.2 Å². The van der Waals surface area contributed by atoms with Crippen LogP contribution in [0, 0.1) is 0 Å². The Morgan fingerprint density at radius 3 is 2.50 bits per heavy atom. The monoisotopic (exact) mass is 250 g/mol. The van der Waals surface area contributed by atoms with E-state index in [0.717, 1.165) is 19.6 Å². The van der Waals surface area contributed by atoms with Gasteiger partial charge in [0.05, 0.1) is 6.54 Å². The average Bonchev–Trinajstić information content (AvgIpc) is 2.84. The molecule has 0 aromatic carbocycles. The van der Waals surface area contributed by atoms with Gasteiger partial charge in [-0.1, -0.05) is 51.5 Å². The van der Waals surface area contributed by atoms with Crippen molar-refractivity contribution in [1.82, 2.24) is 4.90 Å². The van der Waals surface area contributed by atoms with Crippen molar-refractivity contribution in [2.75, 3.05) is 19.6 Å². The van der Waals surface area contributed by atoms with E-state index >= 15 is 0 Å². The maximum atomic E-state index is 4.51. The van der Waals surface area contributed by atoms with Crippen molar-refractivity contribution in [1.29, 1.82) is 0 Å². The summed E-state index contributed by atoms with van der Waals surface area (Å²) in [5.41, 5.74) is 0. The lowest BCUT2D eigenvalue weighted by atomic mass is 10.1. The predicted octanol–water partition coefficient (Wildman–Crippen LogP) is 4.42. The largest absolute Gasteiger partial charge is 0.355 e. The number of likely N-dealkylation sites (N-methyl/N-ethyl adjacent to an activating group) is 1. The molecule has 0 saturated heterocycles. The van der Waals surface area contributed by atoms with Crippen LogP contribution in [0.3, 0.4) is 0 Å². The first-order valence-electron chi connectivity index (χ1n) is 7.84. The van der Waals surface area contributed by atoms with Crippen molar-refractivity contribution < 1.29 is 0 Å². The number of nitrogens with zero attached hydrogens (tertiary/aromatic N) is 2. The van der Waals surface area contributed by atoms with Crippen LogP contribution in [0.4, 0.5) is 0 Å². The molecule has 2 heteroatoms. The molecule has 1 aliphatic heterocycles. The molecule has 0 unspecified atom stereocenters. The third-order valence-electron chi connectivity index (χ3n) is 3.59. The molecule has 0 aromatic rings. The van der Waals surface area contributed by atoms with Gasteiger partial charge in [-0.15, -0.1) is 0 Å². The topological polar surface area (TPSA) is 15.6 Å². The van der Waals surface area contributed by atoms with E-state index in [1.165, 1.54) is 57.2 Å². The molecule has 0 saturated carbocycles. The molecule has 0 spiro atoms. The highest BCUT2D eigenvalue weighted by atomic mass is 15.2. The highest BCUT2D eigenvalue weighted by Gasteiger charge is 2.10. The zero-order chi connectivity index (χ0) is 13.1. The quantitative estimate of drug-likeness (QED) is 0.524. The smallest absolute Gasteiger partial charge is 0.123 e. The van der Waals surface area contributed by atoms with Gasteiger partial charge in [0.25, 0.3) is 0 Å². The number of hydrogen-bond acceptors (Lipinski definition) is 2. The average molecular weight is 250 g/mol. The zero-order valence-corrected chi connectivity index (χ0v) is 12.3. The molecule has 0 aliphatic carbocycles. The molecule has 1 rings (SSSR count). The Morgan fingerprint density at radius 2 is 1.78 bits per heavy atom. The summed E-state index contributed by atoms with van der Waals surface area (Å²) in [6, 6.07) is 0. The summed E-state index contributed by atoms with van der Waals surface area (Å²) in [7, 11) is 0. The molecule has 1 aliphatic rings. The Kier molecular flexibility index (Phi) is 8.62. The highest BCUT2D eigenvalue weighted by molar-refractivity contribution is 5.94. The lowest BCUT2D eigenvalue weighted by Gasteiger charge is -2.14. The maximum absolute atomic E-state index is 4.51. The molecule has 1 heterocycles.